The zero-order valence-corrected chi connectivity index (χ0v) is 18.3. The summed E-state index contributed by atoms with van der Waals surface area (Å²) in [5.41, 5.74) is 4.01. The second-order valence-corrected chi connectivity index (χ2v) is 7.68. The first-order valence-electron chi connectivity index (χ1n) is 10.4. The van der Waals surface area contributed by atoms with Gasteiger partial charge in [-0.2, -0.15) is 0 Å². The molecule has 0 fully saturated rings. The number of carbonyl (C=O) groups excluding carboxylic acids is 3. The second-order valence-electron chi connectivity index (χ2n) is 7.68. The van der Waals surface area contributed by atoms with Gasteiger partial charge in [0.2, 0.25) is 5.76 Å². The lowest BCUT2D eigenvalue weighted by molar-refractivity contribution is -0.123. The van der Waals surface area contributed by atoms with E-state index in [1.54, 1.807) is 19.9 Å². The number of Topliss-reactive ketones (excluding diaryl/α,β-unsaturated/α-hetero) is 1. The summed E-state index contributed by atoms with van der Waals surface area (Å²) in [4.78, 5) is 36.3. The molecule has 6 heteroatoms. The lowest BCUT2D eigenvalue weighted by atomic mass is 10.0. The Kier molecular flexibility index (Phi) is 6.90. The molecule has 2 aromatic carbocycles. The van der Waals surface area contributed by atoms with Crippen LogP contribution in [0.25, 0.3) is 11.0 Å². The van der Waals surface area contributed by atoms with E-state index in [0.717, 1.165) is 17.4 Å². The Morgan fingerprint density at radius 3 is 2.39 bits per heavy atom. The summed E-state index contributed by atoms with van der Waals surface area (Å²) in [6, 6.07) is 13.1. The molecular formula is C25H27NO5. The Labute approximate surface area is 181 Å². The number of benzene rings is 2. The third kappa shape index (κ3) is 5.40. The topological polar surface area (TPSA) is 85.6 Å². The number of nitrogens with one attached hydrogen (secondary N) is 1. The van der Waals surface area contributed by atoms with Gasteiger partial charge in [0.05, 0.1) is 0 Å². The van der Waals surface area contributed by atoms with Crippen LogP contribution in [0.4, 0.5) is 5.69 Å². The van der Waals surface area contributed by atoms with Crippen LogP contribution in [0.2, 0.25) is 0 Å². The number of fused-ring (bicyclic) bond motifs is 1. The van der Waals surface area contributed by atoms with Gasteiger partial charge >= 0.3 is 5.97 Å². The fourth-order valence-corrected chi connectivity index (χ4v) is 3.27. The molecule has 0 unspecified atom stereocenters. The van der Waals surface area contributed by atoms with Gasteiger partial charge in [0.25, 0.3) is 5.91 Å². The van der Waals surface area contributed by atoms with Crippen LogP contribution in [0.5, 0.6) is 0 Å². The number of rotatable bonds is 8. The van der Waals surface area contributed by atoms with Crippen LogP contribution in [0, 0.1) is 6.92 Å². The van der Waals surface area contributed by atoms with Gasteiger partial charge in [-0.25, -0.2) is 4.79 Å². The molecule has 0 saturated carbocycles. The number of amides is 1. The molecule has 3 rings (SSSR count). The third-order valence-corrected chi connectivity index (χ3v) is 5.23. The molecule has 1 aromatic heterocycles. The Hall–Kier alpha value is -3.41. The number of hydrogen-bond donors (Lipinski definition) is 1. The fraction of sp³-hybridized carbons (Fsp3) is 0.320. The molecule has 0 saturated heterocycles. The van der Waals surface area contributed by atoms with Gasteiger partial charge < -0.3 is 19.3 Å². The molecule has 162 valence electrons. The average Bonchev–Trinajstić information content (AvgIpc) is 3.08. The van der Waals surface area contributed by atoms with Gasteiger partial charge in [0.15, 0.2) is 6.10 Å². The molecule has 1 amide bonds. The van der Waals surface area contributed by atoms with Crippen molar-refractivity contribution in [2.45, 2.75) is 53.1 Å². The number of ether oxygens (including phenoxy) is 1. The fourth-order valence-electron chi connectivity index (χ4n) is 3.27. The number of esters is 1. The summed E-state index contributed by atoms with van der Waals surface area (Å²) < 4.78 is 11.0. The second kappa shape index (κ2) is 9.60. The highest BCUT2D eigenvalue weighted by molar-refractivity contribution is 5.99. The quantitative estimate of drug-likeness (QED) is 0.517. The van der Waals surface area contributed by atoms with E-state index < -0.39 is 18.0 Å². The van der Waals surface area contributed by atoms with Crippen molar-refractivity contribution >= 4 is 34.3 Å². The molecule has 6 nitrogen and oxygen atoms in total. The number of anilines is 1. The van der Waals surface area contributed by atoms with Crippen molar-refractivity contribution in [2.75, 3.05) is 5.32 Å². The van der Waals surface area contributed by atoms with E-state index in [9.17, 15) is 14.4 Å². The van der Waals surface area contributed by atoms with Crippen LogP contribution < -0.4 is 5.32 Å². The minimum absolute atomic E-state index is 0.0747. The number of hydrogen-bond acceptors (Lipinski definition) is 5. The summed E-state index contributed by atoms with van der Waals surface area (Å²) in [7, 11) is 0. The highest BCUT2D eigenvalue weighted by Gasteiger charge is 2.24. The van der Waals surface area contributed by atoms with E-state index in [4.69, 9.17) is 9.15 Å². The predicted molar refractivity (Wildman–Crippen MR) is 119 cm³/mol. The van der Waals surface area contributed by atoms with Crippen molar-refractivity contribution < 1.29 is 23.5 Å². The van der Waals surface area contributed by atoms with E-state index in [1.807, 2.05) is 36.4 Å². The summed E-state index contributed by atoms with van der Waals surface area (Å²) in [5.74, 6) is -0.909. The van der Waals surface area contributed by atoms with Crippen molar-refractivity contribution in [2.24, 2.45) is 0 Å². The monoisotopic (exact) mass is 421 g/mol. The largest absolute Gasteiger partial charge is 0.449 e. The van der Waals surface area contributed by atoms with Gasteiger partial charge in [-0.3, -0.25) is 4.79 Å². The minimum atomic E-state index is -0.989. The van der Waals surface area contributed by atoms with E-state index in [1.165, 1.54) is 12.5 Å². The van der Waals surface area contributed by atoms with Gasteiger partial charge in [-0.1, -0.05) is 25.1 Å². The van der Waals surface area contributed by atoms with Gasteiger partial charge in [-0.15, -0.1) is 0 Å². The Balaban J connectivity index is 1.69. The van der Waals surface area contributed by atoms with Crippen LogP contribution in [0.1, 0.15) is 54.4 Å². The summed E-state index contributed by atoms with van der Waals surface area (Å²) in [6.45, 7) is 6.91. The van der Waals surface area contributed by atoms with E-state index in [-0.39, 0.29) is 11.5 Å². The van der Waals surface area contributed by atoms with Crippen molar-refractivity contribution in [3.8, 4) is 0 Å². The van der Waals surface area contributed by atoms with E-state index in [2.05, 4.69) is 12.2 Å². The molecule has 1 atom stereocenters. The molecule has 0 aliphatic heterocycles. The minimum Gasteiger partial charge on any atom is -0.449 e. The van der Waals surface area contributed by atoms with Crippen LogP contribution in [-0.2, 0) is 27.2 Å². The zero-order valence-electron chi connectivity index (χ0n) is 18.3. The molecule has 1 N–H and O–H groups in total. The van der Waals surface area contributed by atoms with Crippen molar-refractivity contribution in [3.63, 3.8) is 0 Å². The first-order valence-corrected chi connectivity index (χ1v) is 10.4. The van der Waals surface area contributed by atoms with Crippen LogP contribution in [0.15, 0.2) is 46.9 Å². The van der Waals surface area contributed by atoms with E-state index in [0.29, 0.717) is 29.7 Å². The van der Waals surface area contributed by atoms with Gasteiger partial charge in [-0.05, 0) is 69.0 Å². The lowest BCUT2D eigenvalue weighted by Gasteiger charge is -2.13. The molecular weight excluding hydrogens is 394 g/mol. The molecule has 3 aromatic rings. The number of ketones is 1. The van der Waals surface area contributed by atoms with Crippen molar-refractivity contribution in [1.29, 1.82) is 0 Å². The molecule has 1 heterocycles. The number of carbonyl (C=O) groups is 3. The summed E-state index contributed by atoms with van der Waals surface area (Å²) in [6.07, 6.45) is 1.02. The highest BCUT2D eigenvalue weighted by Crippen LogP contribution is 2.27. The predicted octanol–water partition coefficient (Wildman–Crippen LogP) is 5.01. The van der Waals surface area contributed by atoms with Gasteiger partial charge in [0.1, 0.15) is 11.4 Å². The molecule has 0 radical (unpaired) electrons. The molecule has 0 bridgehead atoms. The normalized spacial score (nSPS) is 11.9. The first-order chi connectivity index (χ1) is 14.8. The van der Waals surface area contributed by atoms with Crippen molar-refractivity contribution in [1.82, 2.24) is 0 Å². The summed E-state index contributed by atoms with van der Waals surface area (Å²) in [5, 5.41) is 3.54. The van der Waals surface area contributed by atoms with Crippen LogP contribution >= 0.6 is 0 Å². The van der Waals surface area contributed by atoms with Crippen molar-refractivity contribution in [3.05, 3.63) is 64.9 Å². The number of furan rings is 1. The molecule has 31 heavy (non-hydrogen) atoms. The Bertz CT molecular complexity index is 1110. The Morgan fingerprint density at radius 2 is 1.74 bits per heavy atom. The molecule has 0 aliphatic rings. The molecule has 0 spiro atoms. The first kappa shape index (κ1) is 22.3. The summed E-state index contributed by atoms with van der Waals surface area (Å²) >= 11 is 0. The lowest BCUT2D eigenvalue weighted by Crippen LogP contribution is -2.30. The highest BCUT2D eigenvalue weighted by atomic mass is 16.6. The van der Waals surface area contributed by atoms with Crippen LogP contribution in [-0.4, -0.2) is 23.8 Å². The third-order valence-electron chi connectivity index (χ3n) is 5.23. The maximum atomic E-state index is 12.6. The average molecular weight is 421 g/mol. The zero-order chi connectivity index (χ0) is 22.5. The standard InChI is InChI=1S/C25H27NO5/c1-5-18-8-11-20(12-9-18)26-24(28)17(4)30-25(29)23-16(3)21-14-19(7-6-15(2)27)10-13-22(21)31-23/h8-14,17H,5-7H2,1-4H3,(H,26,28)/t17-/m0/s1. The maximum absolute atomic E-state index is 12.6. The maximum Gasteiger partial charge on any atom is 0.375 e. The SMILES string of the molecule is CCc1ccc(NC(=O)[C@H](C)OC(=O)c2oc3ccc(CCC(C)=O)cc3c2C)cc1. The van der Waals surface area contributed by atoms with Gasteiger partial charge in [0, 0.05) is 23.1 Å². The Morgan fingerprint density at radius 1 is 1.06 bits per heavy atom. The molecule has 0 aliphatic carbocycles. The number of aryl methyl sites for hydroxylation is 3. The smallest absolute Gasteiger partial charge is 0.375 e. The van der Waals surface area contributed by atoms with E-state index >= 15 is 0 Å². The van der Waals surface area contributed by atoms with Crippen LogP contribution in [0.3, 0.4) is 0 Å².